The highest BCUT2D eigenvalue weighted by molar-refractivity contribution is 7.73. The second-order valence-electron chi connectivity index (χ2n) is 5.73. The fourth-order valence-corrected chi connectivity index (χ4v) is 4.17. The number of benzene rings is 1. The van der Waals surface area contributed by atoms with Crippen molar-refractivity contribution in [2.75, 3.05) is 0 Å². The molecular weight excluding hydrogens is 348 g/mol. The monoisotopic (exact) mass is 362 g/mol. The Balaban J connectivity index is 2.30. The quantitative estimate of drug-likeness (QED) is 0.807. The third-order valence-electron chi connectivity index (χ3n) is 3.82. The molecule has 0 spiro atoms. The van der Waals surface area contributed by atoms with Gasteiger partial charge >= 0.3 is 5.97 Å². The van der Waals surface area contributed by atoms with Crippen molar-refractivity contribution in [2.24, 2.45) is 10.9 Å². The number of aliphatic carboxylic acids is 1. The molecule has 2 N–H and O–H groups in total. The lowest BCUT2D eigenvalue weighted by Crippen LogP contribution is -2.24. The van der Waals surface area contributed by atoms with Gasteiger partial charge in [0.25, 0.3) is 5.91 Å². The summed E-state index contributed by atoms with van der Waals surface area (Å²) in [5, 5.41) is 21.2. The second-order valence-corrected chi connectivity index (χ2v) is 7.37. The van der Waals surface area contributed by atoms with Crippen LogP contribution in [0.4, 0.5) is 0 Å². The number of hydrogen-bond donors (Lipinski definition) is 2. The van der Waals surface area contributed by atoms with Crippen LogP contribution < -0.4 is 10.6 Å². The predicted molar refractivity (Wildman–Crippen MR) is 91.1 cm³/mol. The molecule has 2 heterocycles. The number of carbonyl (C=O) groups is 2. The van der Waals surface area contributed by atoms with Gasteiger partial charge in [0.05, 0.1) is 10.9 Å². The summed E-state index contributed by atoms with van der Waals surface area (Å²) in [5.41, 5.74) is 0.255. The molecule has 0 saturated carbocycles. The number of hydrogen-bond acceptors (Lipinski definition) is 5. The Morgan fingerprint density at radius 3 is 2.62 bits per heavy atom. The number of thiazole rings is 1. The zero-order valence-electron chi connectivity index (χ0n) is 12.9. The van der Waals surface area contributed by atoms with Crippen molar-refractivity contribution in [3.05, 3.63) is 43.7 Å². The number of fused-ring (bicyclic) bond motifs is 1. The Bertz CT molecular complexity index is 1030. The molecule has 24 heavy (non-hydrogen) atoms. The van der Waals surface area contributed by atoms with E-state index in [0.29, 0.717) is 10.6 Å². The average molecular weight is 362 g/mol. The van der Waals surface area contributed by atoms with Gasteiger partial charge in [-0.1, -0.05) is 32.0 Å². The van der Waals surface area contributed by atoms with Gasteiger partial charge in [-0.25, -0.2) is 9.79 Å². The number of amides is 1. The number of carbonyl (C=O) groups excluding carboxylic acids is 1. The molecule has 1 aromatic carbocycles. The number of nitrogens with zero attached hydrogens (tertiary/aromatic N) is 2. The third-order valence-corrected chi connectivity index (χ3v) is 5.23. The number of para-hydroxylation sites is 1. The minimum absolute atomic E-state index is 0.202. The van der Waals surface area contributed by atoms with Gasteiger partial charge in [-0.05, 0) is 24.2 Å². The van der Waals surface area contributed by atoms with E-state index in [1.165, 1.54) is 4.57 Å². The maximum atomic E-state index is 12.3. The Labute approximate surface area is 146 Å². The highest BCUT2D eigenvalue weighted by atomic mass is 32.1. The standard InChI is InChI=1S/C16H14N2O4S2/c1-7(2)11(15(21)22)18-14(20)12(24-16(18)23)10-8-5-3-4-6-9(8)17-13(10)19/h3-7,11,20H,1-2H3,(H,21,22)/t11-/m1/s1. The SMILES string of the molecule is CC(C)[C@H](C(=O)O)n1c(O)c(C2=c3ccccc3=NC2=O)sc1=S. The van der Waals surface area contributed by atoms with Crippen LogP contribution in [0.2, 0.25) is 0 Å². The molecule has 3 rings (SSSR count). The van der Waals surface area contributed by atoms with Crippen molar-refractivity contribution in [1.29, 1.82) is 0 Å². The summed E-state index contributed by atoms with van der Waals surface area (Å²) < 4.78 is 1.40. The fourth-order valence-electron chi connectivity index (χ4n) is 2.76. The molecule has 1 atom stereocenters. The molecule has 0 unspecified atom stereocenters. The maximum absolute atomic E-state index is 12.3. The van der Waals surface area contributed by atoms with Crippen molar-refractivity contribution < 1.29 is 19.8 Å². The first-order valence-electron chi connectivity index (χ1n) is 7.22. The average Bonchev–Trinajstić information content (AvgIpc) is 2.97. The number of aromatic hydroxyl groups is 1. The van der Waals surface area contributed by atoms with Gasteiger partial charge in [-0.15, -0.1) is 11.3 Å². The first kappa shape index (κ1) is 16.5. The molecule has 1 aliphatic rings. The fraction of sp³-hybridized carbons (Fsp3) is 0.250. The molecular formula is C16H14N2O4S2. The Morgan fingerprint density at radius 2 is 2.00 bits per heavy atom. The molecule has 0 radical (unpaired) electrons. The zero-order valence-corrected chi connectivity index (χ0v) is 14.5. The van der Waals surface area contributed by atoms with Crippen LogP contribution in [0.5, 0.6) is 5.88 Å². The van der Waals surface area contributed by atoms with Crippen molar-refractivity contribution in [3.63, 3.8) is 0 Å². The van der Waals surface area contributed by atoms with Gasteiger partial charge in [0.15, 0.2) is 3.95 Å². The van der Waals surface area contributed by atoms with E-state index in [1.807, 2.05) is 0 Å². The van der Waals surface area contributed by atoms with Crippen LogP contribution in [0.15, 0.2) is 29.3 Å². The van der Waals surface area contributed by atoms with E-state index >= 15 is 0 Å². The van der Waals surface area contributed by atoms with Crippen LogP contribution in [0.1, 0.15) is 24.8 Å². The van der Waals surface area contributed by atoms with Gasteiger partial charge in [0, 0.05) is 5.22 Å². The van der Waals surface area contributed by atoms with Crippen LogP contribution in [0.25, 0.3) is 5.57 Å². The summed E-state index contributed by atoms with van der Waals surface area (Å²) in [4.78, 5) is 28.1. The first-order valence-corrected chi connectivity index (χ1v) is 8.45. The highest BCUT2D eigenvalue weighted by Gasteiger charge is 2.31. The zero-order chi connectivity index (χ0) is 17.6. The third kappa shape index (κ3) is 2.47. The van der Waals surface area contributed by atoms with Gasteiger partial charge in [0.2, 0.25) is 5.88 Å². The number of aromatic nitrogens is 1. The minimum atomic E-state index is -1.09. The lowest BCUT2D eigenvalue weighted by Gasteiger charge is -2.18. The summed E-state index contributed by atoms with van der Waals surface area (Å²) in [7, 11) is 0. The normalized spacial score (nSPS) is 14.6. The van der Waals surface area contributed by atoms with Crippen LogP contribution in [-0.2, 0) is 9.59 Å². The van der Waals surface area contributed by atoms with E-state index in [2.05, 4.69) is 4.99 Å². The van der Waals surface area contributed by atoms with Gasteiger partial charge in [-0.2, -0.15) is 0 Å². The first-order chi connectivity index (χ1) is 11.3. The largest absolute Gasteiger partial charge is 0.493 e. The summed E-state index contributed by atoms with van der Waals surface area (Å²) >= 11 is 6.27. The van der Waals surface area contributed by atoms with Crippen LogP contribution in [0.3, 0.4) is 0 Å². The van der Waals surface area contributed by atoms with E-state index < -0.39 is 17.9 Å². The molecule has 1 amide bonds. The van der Waals surface area contributed by atoms with Crippen molar-refractivity contribution in [1.82, 2.24) is 4.57 Å². The molecule has 8 heteroatoms. The highest BCUT2D eigenvalue weighted by Crippen LogP contribution is 2.36. The molecule has 1 aliphatic heterocycles. The molecule has 0 fully saturated rings. The van der Waals surface area contributed by atoms with E-state index in [-0.39, 0.29) is 26.2 Å². The second kappa shape index (κ2) is 5.95. The van der Waals surface area contributed by atoms with Crippen molar-refractivity contribution in [2.45, 2.75) is 19.9 Å². The Kier molecular flexibility index (Phi) is 4.10. The summed E-state index contributed by atoms with van der Waals surface area (Å²) in [6.45, 7) is 3.46. The molecule has 6 nitrogen and oxygen atoms in total. The lowest BCUT2D eigenvalue weighted by atomic mass is 10.0. The van der Waals surface area contributed by atoms with E-state index in [0.717, 1.165) is 11.3 Å². The molecule has 1 aromatic heterocycles. The van der Waals surface area contributed by atoms with Crippen molar-refractivity contribution in [3.8, 4) is 5.88 Å². The molecule has 0 bridgehead atoms. The number of rotatable bonds is 4. The molecule has 0 saturated heterocycles. The number of carboxylic acid groups (broad SMARTS) is 1. The topological polar surface area (TPSA) is 91.9 Å². The minimum Gasteiger partial charge on any atom is -0.493 e. The maximum Gasteiger partial charge on any atom is 0.327 e. The summed E-state index contributed by atoms with van der Waals surface area (Å²) in [6, 6.07) is 5.98. The van der Waals surface area contributed by atoms with E-state index in [4.69, 9.17) is 12.2 Å². The van der Waals surface area contributed by atoms with Crippen molar-refractivity contribution >= 4 is 41.0 Å². The van der Waals surface area contributed by atoms with Gasteiger partial charge < -0.3 is 10.2 Å². The van der Waals surface area contributed by atoms with Crippen LogP contribution in [-0.4, -0.2) is 26.7 Å². The smallest absolute Gasteiger partial charge is 0.327 e. The van der Waals surface area contributed by atoms with Gasteiger partial charge in [-0.3, -0.25) is 9.36 Å². The lowest BCUT2D eigenvalue weighted by molar-refractivity contribution is -0.142. The molecule has 0 aliphatic carbocycles. The van der Waals surface area contributed by atoms with Gasteiger partial charge in [0.1, 0.15) is 10.9 Å². The molecule has 124 valence electrons. The Morgan fingerprint density at radius 1 is 1.33 bits per heavy atom. The summed E-state index contributed by atoms with van der Waals surface area (Å²) in [5.74, 6) is -2.15. The Hall–Kier alpha value is -2.32. The molecule has 2 aromatic rings. The van der Waals surface area contributed by atoms with E-state index in [9.17, 15) is 19.8 Å². The summed E-state index contributed by atoms with van der Waals surface area (Å²) in [6.07, 6.45) is 0. The van der Waals surface area contributed by atoms with E-state index in [1.54, 1.807) is 38.1 Å². The van der Waals surface area contributed by atoms with Crippen LogP contribution in [0, 0.1) is 9.87 Å². The predicted octanol–water partition coefficient (Wildman–Crippen LogP) is 1.63. The van der Waals surface area contributed by atoms with Crippen LogP contribution >= 0.6 is 23.6 Å². The number of carboxylic acids is 1.